The molecule has 2 rings (SSSR count). The molecule has 0 N–H and O–H groups in total. The van der Waals surface area contributed by atoms with E-state index >= 15 is 0 Å². The quantitative estimate of drug-likeness (QED) is 0.498. The van der Waals surface area contributed by atoms with Gasteiger partial charge in [0.2, 0.25) is 0 Å². The zero-order valence-corrected chi connectivity index (χ0v) is 17.9. The van der Waals surface area contributed by atoms with Gasteiger partial charge >= 0.3 is 10.1 Å². The first kappa shape index (κ1) is 23.0. The average molecular weight is 442 g/mol. The number of halogens is 1. The standard InChI is InChI=1S/C20H24ClNO6S/c1-3-29(24,25)28-19-6-4-5-16(13-19)14-22(11-12-26-2)20(23)15-27-18-9-7-17(21)8-10-18/h4-10,13H,3,11-12,14-15H2,1-2H3. The molecule has 0 saturated carbocycles. The third kappa shape index (κ3) is 7.92. The van der Waals surface area contributed by atoms with Crippen LogP contribution in [0.2, 0.25) is 5.02 Å². The van der Waals surface area contributed by atoms with Crippen LogP contribution in [0.1, 0.15) is 12.5 Å². The molecule has 0 atom stereocenters. The van der Waals surface area contributed by atoms with E-state index in [4.69, 9.17) is 25.3 Å². The molecule has 29 heavy (non-hydrogen) atoms. The summed E-state index contributed by atoms with van der Waals surface area (Å²) in [5.41, 5.74) is 0.727. The smallest absolute Gasteiger partial charge is 0.308 e. The van der Waals surface area contributed by atoms with Crippen molar-refractivity contribution in [1.82, 2.24) is 4.90 Å². The molecule has 0 aliphatic carbocycles. The minimum Gasteiger partial charge on any atom is -0.484 e. The molecule has 2 aromatic carbocycles. The number of ether oxygens (including phenoxy) is 2. The van der Waals surface area contributed by atoms with Gasteiger partial charge in [-0.15, -0.1) is 0 Å². The van der Waals surface area contributed by atoms with Crippen molar-refractivity contribution in [2.45, 2.75) is 13.5 Å². The Bertz CT molecular complexity index is 901. The van der Waals surface area contributed by atoms with Crippen molar-refractivity contribution in [3.63, 3.8) is 0 Å². The molecule has 0 aromatic heterocycles. The van der Waals surface area contributed by atoms with E-state index in [1.165, 1.54) is 6.92 Å². The van der Waals surface area contributed by atoms with Gasteiger partial charge in [-0.2, -0.15) is 8.42 Å². The average Bonchev–Trinajstić information content (AvgIpc) is 2.70. The first-order chi connectivity index (χ1) is 13.8. The molecule has 7 nitrogen and oxygen atoms in total. The van der Waals surface area contributed by atoms with E-state index < -0.39 is 10.1 Å². The molecule has 1 amide bonds. The van der Waals surface area contributed by atoms with Crippen LogP contribution in [-0.4, -0.2) is 51.8 Å². The second-order valence-corrected chi connectivity index (χ2v) is 8.42. The summed E-state index contributed by atoms with van der Waals surface area (Å²) in [4.78, 5) is 14.2. The highest BCUT2D eigenvalue weighted by atomic mass is 35.5. The summed E-state index contributed by atoms with van der Waals surface area (Å²) < 4.78 is 39.0. The van der Waals surface area contributed by atoms with Gasteiger partial charge in [0.05, 0.1) is 12.4 Å². The Hall–Kier alpha value is -2.29. The fourth-order valence-electron chi connectivity index (χ4n) is 2.38. The number of methoxy groups -OCH3 is 1. The SMILES string of the molecule is CCS(=O)(=O)Oc1cccc(CN(CCOC)C(=O)COc2ccc(Cl)cc2)c1. The summed E-state index contributed by atoms with van der Waals surface area (Å²) in [6.45, 7) is 2.33. The summed E-state index contributed by atoms with van der Waals surface area (Å²) in [6.07, 6.45) is 0. The third-order valence-electron chi connectivity index (χ3n) is 3.94. The van der Waals surface area contributed by atoms with Gasteiger partial charge in [-0.1, -0.05) is 23.7 Å². The first-order valence-electron chi connectivity index (χ1n) is 8.99. The molecule has 0 fully saturated rings. The second kappa shape index (κ2) is 11.0. The Kier molecular flexibility index (Phi) is 8.75. The molecule has 2 aromatic rings. The van der Waals surface area contributed by atoms with Gasteiger partial charge in [-0.25, -0.2) is 0 Å². The van der Waals surface area contributed by atoms with Crippen LogP contribution in [0.15, 0.2) is 48.5 Å². The Labute approximate surface area is 176 Å². The van der Waals surface area contributed by atoms with Crippen LogP contribution in [0.4, 0.5) is 0 Å². The summed E-state index contributed by atoms with van der Waals surface area (Å²) in [5, 5.41) is 0.581. The minimum atomic E-state index is -3.62. The summed E-state index contributed by atoms with van der Waals surface area (Å²) in [6, 6.07) is 13.4. The van der Waals surface area contributed by atoms with Gasteiger partial charge in [-0.3, -0.25) is 4.79 Å². The van der Waals surface area contributed by atoms with Crippen molar-refractivity contribution in [3.8, 4) is 11.5 Å². The molecule has 0 heterocycles. The maximum absolute atomic E-state index is 12.6. The normalized spacial score (nSPS) is 11.1. The van der Waals surface area contributed by atoms with Crippen molar-refractivity contribution in [1.29, 1.82) is 0 Å². The van der Waals surface area contributed by atoms with Crippen molar-refractivity contribution >= 4 is 27.6 Å². The van der Waals surface area contributed by atoms with Crippen LogP contribution in [0.5, 0.6) is 11.5 Å². The van der Waals surface area contributed by atoms with Gasteiger partial charge in [0.15, 0.2) is 6.61 Å². The number of carbonyl (C=O) groups is 1. The predicted octanol–water partition coefficient (Wildman–Crippen LogP) is 3.12. The van der Waals surface area contributed by atoms with Crippen LogP contribution in [0.3, 0.4) is 0 Å². The topological polar surface area (TPSA) is 82.1 Å². The fraction of sp³-hybridized carbons (Fsp3) is 0.350. The third-order valence-corrected chi connectivity index (χ3v) is 5.35. The number of benzene rings is 2. The van der Waals surface area contributed by atoms with Crippen molar-refractivity contribution < 1.29 is 26.9 Å². The minimum absolute atomic E-state index is 0.127. The zero-order chi connectivity index (χ0) is 21.3. The van der Waals surface area contributed by atoms with E-state index in [-0.39, 0.29) is 30.6 Å². The van der Waals surface area contributed by atoms with E-state index in [0.29, 0.717) is 23.9 Å². The number of nitrogens with zero attached hydrogens (tertiary/aromatic N) is 1. The highest BCUT2D eigenvalue weighted by molar-refractivity contribution is 7.87. The molecule has 0 aliphatic rings. The van der Waals surface area contributed by atoms with Gasteiger partial charge in [0, 0.05) is 25.2 Å². The zero-order valence-electron chi connectivity index (χ0n) is 16.3. The van der Waals surface area contributed by atoms with Gasteiger partial charge in [0.1, 0.15) is 11.5 Å². The Morgan fingerprint density at radius 2 is 1.83 bits per heavy atom. The number of amides is 1. The fourth-order valence-corrected chi connectivity index (χ4v) is 3.02. The van der Waals surface area contributed by atoms with Crippen molar-refractivity contribution in [2.24, 2.45) is 0 Å². The molecule has 158 valence electrons. The maximum atomic E-state index is 12.6. The Morgan fingerprint density at radius 1 is 1.10 bits per heavy atom. The van der Waals surface area contributed by atoms with Crippen molar-refractivity contribution in [2.75, 3.05) is 32.6 Å². The number of hydrogen-bond acceptors (Lipinski definition) is 6. The van der Waals surface area contributed by atoms with E-state index in [0.717, 1.165) is 5.56 Å². The van der Waals surface area contributed by atoms with Crippen LogP contribution in [-0.2, 0) is 26.2 Å². The highest BCUT2D eigenvalue weighted by Crippen LogP contribution is 2.18. The van der Waals surface area contributed by atoms with E-state index in [1.807, 2.05) is 0 Å². The first-order valence-corrected chi connectivity index (χ1v) is 10.9. The summed E-state index contributed by atoms with van der Waals surface area (Å²) in [5.74, 6) is 0.387. The molecular formula is C20H24ClNO6S. The molecule has 0 spiro atoms. The largest absolute Gasteiger partial charge is 0.484 e. The van der Waals surface area contributed by atoms with Crippen molar-refractivity contribution in [3.05, 3.63) is 59.1 Å². The maximum Gasteiger partial charge on any atom is 0.308 e. The van der Waals surface area contributed by atoms with Crippen LogP contribution in [0, 0.1) is 0 Å². The Balaban J connectivity index is 2.05. The molecule has 0 saturated heterocycles. The number of rotatable bonds is 11. The van der Waals surface area contributed by atoms with Gasteiger partial charge in [0.25, 0.3) is 5.91 Å². The number of carbonyl (C=O) groups excluding carboxylic acids is 1. The van der Waals surface area contributed by atoms with E-state index in [9.17, 15) is 13.2 Å². The lowest BCUT2D eigenvalue weighted by Crippen LogP contribution is -2.36. The van der Waals surface area contributed by atoms with Gasteiger partial charge in [-0.05, 0) is 48.9 Å². The second-order valence-electron chi connectivity index (χ2n) is 6.13. The van der Waals surface area contributed by atoms with Crippen LogP contribution in [0.25, 0.3) is 0 Å². The lowest BCUT2D eigenvalue weighted by Gasteiger charge is -2.23. The van der Waals surface area contributed by atoms with E-state index in [1.54, 1.807) is 60.5 Å². The van der Waals surface area contributed by atoms with Gasteiger partial charge < -0.3 is 18.6 Å². The summed E-state index contributed by atoms with van der Waals surface area (Å²) in [7, 11) is -2.07. The van der Waals surface area contributed by atoms with Crippen LogP contribution >= 0.6 is 11.6 Å². The predicted molar refractivity (Wildman–Crippen MR) is 111 cm³/mol. The molecule has 0 unspecified atom stereocenters. The molecule has 0 bridgehead atoms. The lowest BCUT2D eigenvalue weighted by molar-refractivity contribution is -0.134. The van der Waals surface area contributed by atoms with Crippen LogP contribution < -0.4 is 8.92 Å². The monoisotopic (exact) mass is 441 g/mol. The molecule has 0 radical (unpaired) electrons. The Morgan fingerprint density at radius 3 is 2.48 bits per heavy atom. The summed E-state index contributed by atoms with van der Waals surface area (Å²) >= 11 is 5.84. The van der Waals surface area contributed by atoms with E-state index in [2.05, 4.69) is 0 Å². The lowest BCUT2D eigenvalue weighted by atomic mass is 10.2. The molecule has 0 aliphatic heterocycles. The highest BCUT2D eigenvalue weighted by Gasteiger charge is 2.16. The molecular weight excluding hydrogens is 418 g/mol. The molecule has 9 heteroatoms. The number of hydrogen-bond donors (Lipinski definition) is 0.